The Balaban J connectivity index is 1.91. The van der Waals surface area contributed by atoms with E-state index in [1.165, 1.54) is 7.11 Å². The van der Waals surface area contributed by atoms with Gasteiger partial charge in [0.1, 0.15) is 18.0 Å². The van der Waals surface area contributed by atoms with Crippen LogP contribution in [0.3, 0.4) is 0 Å². The number of rotatable bonds is 8. The SMILES string of the molecule is CCOc1ccccc1CN1CC[C@@](O)(CNC(=O)COC)[C@H](O)C1. The van der Waals surface area contributed by atoms with E-state index in [1.54, 1.807) is 0 Å². The topological polar surface area (TPSA) is 91.3 Å². The molecule has 1 aromatic rings. The van der Waals surface area contributed by atoms with Gasteiger partial charge in [-0.3, -0.25) is 9.69 Å². The lowest BCUT2D eigenvalue weighted by Gasteiger charge is -2.42. The minimum atomic E-state index is -1.32. The Bertz CT molecular complexity index is 568. The zero-order chi connectivity index (χ0) is 18.3. The Kier molecular flexibility index (Phi) is 7.19. The van der Waals surface area contributed by atoms with Crippen molar-refractivity contribution in [1.29, 1.82) is 0 Å². The van der Waals surface area contributed by atoms with Gasteiger partial charge in [-0.15, -0.1) is 0 Å². The van der Waals surface area contributed by atoms with E-state index in [1.807, 2.05) is 31.2 Å². The van der Waals surface area contributed by atoms with Crippen molar-refractivity contribution >= 4 is 5.91 Å². The summed E-state index contributed by atoms with van der Waals surface area (Å²) < 4.78 is 10.4. The maximum atomic E-state index is 11.5. The third kappa shape index (κ3) is 5.40. The van der Waals surface area contributed by atoms with Gasteiger partial charge in [0.05, 0.1) is 12.7 Å². The van der Waals surface area contributed by atoms with Crippen molar-refractivity contribution in [2.75, 3.05) is 40.0 Å². The molecule has 1 aliphatic heterocycles. The molecule has 2 rings (SSSR count). The lowest BCUT2D eigenvalue weighted by Crippen LogP contribution is -2.60. The second-order valence-electron chi connectivity index (χ2n) is 6.35. The minimum absolute atomic E-state index is 0.0136. The van der Waals surface area contributed by atoms with Crippen LogP contribution >= 0.6 is 0 Å². The third-order valence-corrected chi connectivity index (χ3v) is 4.45. The van der Waals surface area contributed by atoms with Crippen molar-refractivity contribution in [3.8, 4) is 5.75 Å². The number of carbonyl (C=O) groups excluding carboxylic acids is 1. The Morgan fingerprint density at radius 2 is 2.20 bits per heavy atom. The number of nitrogens with one attached hydrogen (secondary N) is 1. The van der Waals surface area contributed by atoms with Crippen LogP contribution in [-0.4, -0.2) is 72.7 Å². The molecule has 7 nitrogen and oxygen atoms in total. The van der Waals surface area contributed by atoms with Crippen molar-refractivity contribution in [3.05, 3.63) is 29.8 Å². The molecule has 0 saturated carbocycles. The molecule has 0 bridgehead atoms. The van der Waals surface area contributed by atoms with Gasteiger partial charge >= 0.3 is 0 Å². The third-order valence-electron chi connectivity index (χ3n) is 4.45. The summed E-state index contributed by atoms with van der Waals surface area (Å²) in [5.41, 5.74) is -0.269. The first-order valence-corrected chi connectivity index (χ1v) is 8.57. The van der Waals surface area contributed by atoms with Crippen molar-refractivity contribution in [3.63, 3.8) is 0 Å². The number of para-hydroxylation sites is 1. The molecule has 3 N–H and O–H groups in total. The van der Waals surface area contributed by atoms with Crippen LogP contribution in [0.4, 0.5) is 0 Å². The molecule has 0 spiro atoms. The van der Waals surface area contributed by atoms with E-state index in [0.29, 0.717) is 32.7 Å². The highest BCUT2D eigenvalue weighted by Crippen LogP contribution is 2.26. The molecule has 1 heterocycles. The number of β-amino-alcohol motifs (C(OH)–C–C–N with tert-alkyl or cyclic N) is 1. The fraction of sp³-hybridized carbons (Fsp3) is 0.611. The summed E-state index contributed by atoms with van der Waals surface area (Å²) >= 11 is 0. The Labute approximate surface area is 148 Å². The number of hydrogen-bond donors (Lipinski definition) is 3. The van der Waals surface area contributed by atoms with Crippen LogP contribution in [0.15, 0.2) is 24.3 Å². The first-order valence-electron chi connectivity index (χ1n) is 8.57. The van der Waals surface area contributed by atoms with Crippen molar-refractivity contribution in [2.45, 2.75) is 31.6 Å². The fourth-order valence-electron chi connectivity index (χ4n) is 2.98. The largest absolute Gasteiger partial charge is 0.494 e. The Hall–Kier alpha value is -1.67. The van der Waals surface area contributed by atoms with E-state index < -0.39 is 11.7 Å². The molecule has 0 unspecified atom stereocenters. The molecular formula is C18H28N2O5. The highest BCUT2D eigenvalue weighted by atomic mass is 16.5. The lowest BCUT2D eigenvalue weighted by atomic mass is 9.88. The van der Waals surface area contributed by atoms with Gasteiger partial charge in [0.25, 0.3) is 0 Å². The molecule has 1 aromatic carbocycles. The maximum absolute atomic E-state index is 11.5. The standard InChI is InChI=1S/C18H28N2O5/c1-3-25-15-7-5-4-6-14(15)10-20-9-8-18(23,16(21)11-20)13-19-17(22)12-24-2/h4-7,16,21,23H,3,8-13H2,1-2H3,(H,19,22)/t16-,18-/m1/s1. The van der Waals surface area contributed by atoms with Gasteiger partial charge in [-0.25, -0.2) is 0 Å². The summed E-state index contributed by atoms with van der Waals surface area (Å²) in [6.45, 7) is 4.08. The summed E-state index contributed by atoms with van der Waals surface area (Å²) in [6, 6.07) is 7.82. The molecule has 2 atom stereocenters. The number of hydrogen-bond acceptors (Lipinski definition) is 6. The molecule has 140 valence electrons. The first kappa shape index (κ1) is 19.7. The van der Waals surface area contributed by atoms with Crippen molar-refractivity contribution in [2.24, 2.45) is 0 Å². The number of piperidine rings is 1. The predicted octanol–water partition coefficient (Wildman–Crippen LogP) is 0.146. The molecule has 1 amide bonds. The maximum Gasteiger partial charge on any atom is 0.246 e. The molecular weight excluding hydrogens is 324 g/mol. The molecule has 0 aromatic heterocycles. The summed E-state index contributed by atoms with van der Waals surface area (Å²) in [6.07, 6.45) is -0.568. The number of likely N-dealkylation sites (tertiary alicyclic amines) is 1. The summed E-state index contributed by atoms with van der Waals surface area (Å²) in [5, 5.41) is 23.6. The molecule has 7 heteroatoms. The first-order chi connectivity index (χ1) is 12.0. The van der Waals surface area contributed by atoms with Crippen LogP contribution in [-0.2, 0) is 16.1 Å². The zero-order valence-corrected chi connectivity index (χ0v) is 14.9. The normalized spacial score (nSPS) is 24.1. The van der Waals surface area contributed by atoms with E-state index in [4.69, 9.17) is 9.47 Å². The molecule has 1 fully saturated rings. The van der Waals surface area contributed by atoms with Crippen LogP contribution < -0.4 is 10.1 Å². The number of methoxy groups -OCH3 is 1. The van der Waals surface area contributed by atoms with Gasteiger partial charge in [0.2, 0.25) is 5.91 Å². The van der Waals surface area contributed by atoms with Gasteiger partial charge in [0, 0.05) is 38.9 Å². The Morgan fingerprint density at radius 3 is 2.88 bits per heavy atom. The summed E-state index contributed by atoms with van der Waals surface area (Å²) in [5.74, 6) is 0.531. The highest BCUT2D eigenvalue weighted by Gasteiger charge is 2.40. The Morgan fingerprint density at radius 1 is 1.44 bits per heavy atom. The van der Waals surface area contributed by atoms with E-state index in [2.05, 4.69) is 10.2 Å². The van der Waals surface area contributed by atoms with E-state index in [-0.39, 0.29) is 19.1 Å². The van der Waals surface area contributed by atoms with Gasteiger partial charge in [-0.1, -0.05) is 18.2 Å². The summed E-state index contributed by atoms with van der Waals surface area (Å²) in [4.78, 5) is 13.6. The molecule has 25 heavy (non-hydrogen) atoms. The molecule has 0 radical (unpaired) electrons. The average molecular weight is 352 g/mol. The van der Waals surface area contributed by atoms with Crippen LogP contribution in [0.25, 0.3) is 0 Å². The van der Waals surface area contributed by atoms with E-state index in [0.717, 1.165) is 11.3 Å². The number of ether oxygens (including phenoxy) is 2. The zero-order valence-electron chi connectivity index (χ0n) is 14.9. The lowest BCUT2D eigenvalue weighted by molar-refractivity contribution is -0.134. The van der Waals surface area contributed by atoms with Crippen LogP contribution in [0, 0.1) is 0 Å². The molecule has 1 saturated heterocycles. The van der Waals surface area contributed by atoms with Gasteiger partial charge < -0.3 is 25.0 Å². The van der Waals surface area contributed by atoms with Crippen LogP contribution in [0.1, 0.15) is 18.9 Å². The number of nitrogens with zero attached hydrogens (tertiary/aromatic N) is 1. The highest BCUT2D eigenvalue weighted by molar-refractivity contribution is 5.77. The smallest absolute Gasteiger partial charge is 0.246 e. The molecule has 1 aliphatic rings. The van der Waals surface area contributed by atoms with E-state index >= 15 is 0 Å². The van der Waals surface area contributed by atoms with Crippen molar-refractivity contribution < 1.29 is 24.5 Å². The second kappa shape index (κ2) is 9.15. The quantitative estimate of drug-likeness (QED) is 0.617. The summed E-state index contributed by atoms with van der Waals surface area (Å²) in [7, 11) is 1.43. The average Bonchev–Trinajstić information content (AvgIpc) is 2.59. The predicted molar refractivity (Wildman–Crippen MR) is 93.3 cm³/mol. The van der Waals surface area contributed by atoms with E-state index in [9.17, 15) is 15.0 Å². The monoisotopic (exact) mass is 352 g/mol. The number of carbonyl (C=O) groups is 1. The molecule has 0 aliphatic carbocycles. The minimum Gasteiger partial charge on any atom is -0.494 e. The fourth-order valence-corrected chi connectivity index (χ4v) is 2.98. The van der Waals surface area contributed by atoms with Crippen molar-refractivity contribution in [1.82, 2.24) is 10.2 Å². The number of aliphatic hydroxyl groups excluding tert-OH is 1. The number of aliphatic hydroxyl groups is 2. The second-order valence-corrected chi connectivity index (χ2v) is 6.35. The van der Waals surface area contributed by atoms with Gasteiger partial charge in [-0.2, -0.15) is 0 Å². The number of amides is 1. The van der Waals surface area contributed by atoms with Crippen LogP contribution in [0.2, 0.25) is 0 Å². The van der Waals surface area contributed by atoms with Gasteiger partial charge in [0.15, 0.2) is 0 Å². The number of benzene rings is 1. The van der Waals surface area contributed by atoms with Crippen LogP contribution in [0.5, 0.6) is 5.75 Å². The van der Waals surface area contributed by atoms with Gasteiger partial charge in [-0.05, 0) is 19.4 Å².